The third-order valence-corrected chi connectivity index (χ3v) is 6.65. The number of nitrogens with one attached hydrogen (secondary N) is 1. The zero-order valence-corrected chi connectivity index (χ0v) is 22.0. The Morgan fingerprint density at radius 2 is 1.86 bits per heavy atom. The minimum absolute atomic E-state index is 0.286. The first kappa shape index (κ1) is 25.5. The quantitative estimate of drug-likeness (QED) is 0.136. The van der Waals surface area contributed by atoms with Crippen LogP contribution in [0.15, 0.2) is 106 Å². The lowest BCUT2D eigenvalue weighted by molar-refractivity contribution is 0.0955. The number of benzene rings is 3. The number of carbonyl (C=O) groups is 1. The van der Waals surface area contributed by atoms with Gasteiger partial charge in [0.15, 0.2) is 0 Å². The smallest absolute Gasteiger partial charge is 0.271 e. The van der Waals surface area contributed by atoms with Crippen LogP contribution < -0.4 is 14.9 Å². The molecule has 0 bridgehead atoms. The highest BCUT2D eigenvalue weighted by Crippen LogP contribution is 2.27. The Hall–Kier alpha value is -3.62. The van der Waals surface area contributed by atoms with Gasteiger partial charge >= 0.3 is 0 Å². The Kier molecular flexibility index (Phi) is 9.13. The molecular weight excluding hydrogens is 538 g/mol. The van der Waals surface area contributed by atoms with Crippen molar-refractivity contribution >= 4 is 39.8 Å². The molecule has 1 amide bonds. The van der Waals surface area contributed by atoms with Crippen LogP contribution in [-0.2, 0) is 12.4 Å². The van der Waals surface area contributed by atoms with E-state index in [9.17, 15) is 4.79 Å². The summed E-state index contributed by atoms with van der Waals surface area (Å²) in [5.41, 5.74) is 5.94. The lowest BCUT2D eigenvalue weighted by Crippen LogP contribution is -2.17. The van der Waals surface area contributed by atoms with E-state index >= 15 is 0 Å². The summed E-state index contributed by atoms with van der Waals surface area (Å²) in [7, 11) is 1.65. The molecule has 3 aromatic carbocycles. The fourth-order valence-corrected chi connectivity index (χ4v) is 4.36. The Morgan fingerprint density at radius 1 is 1.06 bits per heavy atom. The maximum absolute atomic E-state index is 12.5. The van der Waals surface area contributed by atoms with Gasteiger partial charge in [0.25, 0.3) is 5.91 Å². The highest BCUT2D eigenvalue weighted by Gasteiger charge is 2.07. The van der Waals surface area contributed by atoms with E-state index in [2.05, 4.69) is 31.4 Å². The average Bonchev–Trinajstić information content (AvgIpc) is 2.92. The van der Waals surface area contributed by atoms with Crippen LogP contribution in [0, 0.1) is 0 Å². The summed E-state index contributed by atoms with van der Waals surface area (Å²) >= 11 is 5.03. The van der Waals surface area contributed by atoms with E-state index in [4.69, 9.17) is 9.47 Å². The third-order valence-electron chi connectivity index (χ3n) is 5.13. The normalized spacial score (nSPS) is 10.8. The maximum atomic E-state index is 12.5. The van der Waals surface area contributed by atoms with Crippen molar-refractivity contribution < 1.29 is 14.3 Å². The highest BCUT2D eigenvalue weighted by molar-refractivity contribution is 9.10. The number of carbonyl (C=O) groups excluding carboxylic acids is 1. The molecular formula is C28H24BrN3O3S. The molecule has 0 fully saturated rings. The molecule has 4 rings (SSSR count). The molecule has 0 radical (unpaired) electrons. The van der Waals surface area contributed by atoms with Crippen LogP contribution >= 0.6 is 27.7 Å². The lowest BCUT2D eigenvalue weighted by Gasteiger charge is -2.09. The first-order chi connectivity index (χ1) is 17.6. The van der Waals surface area contributed by atoms with Gasteiger partial charge in [-0.1, -0.05) is 34.1 Å². The number of rotatable bonds is 10. The van der Waals surface area contributed by atoms with Crippen LogP contribution in [0.25, 0.3) is 0 Å². The molecule has 1 heterocycles. The van der Waals surface area contributed by atoms with Crippen molar-refractivity contribution in [1.29, 1.82) is 0 Å². The Bertz CT molecular complexity index is 1310. The number of methoxy groups -OCH3 is 1. The van der Waals surface area contributed by atoms with Gasteiger partial charge in [-0.2, -0.15) is 5.10 Å². The van der Waals surface area contributed by atoms with Crippen LogP contribution in [0.1, 0.15) is 27.0 Å². The number of hydrogen-bond acceptors (Lipinski definition) is 6. The molecule has 0 saturated carbocycles. The molecule has 4 aromatic rings. The van der Waals surface area contributed by atoms with Crippen LogP contribution in [0.4, 0.5) is 0 Å². The van der Waals surface area contributed by atoms with E-state index in [1.54, 1.807) is 43.4 Å². The molecule has 6 nitrogen and oxygen atoms in total. The number of ether oxygens (including phenoxy) is 2. The SMILES string of the molecule is COc1ccc(/C=N/NC(=O)c2ccc(COc3ccc(Br)cc3)cc2)cc1CSc1ccccn1. The number of nitrogens with zero attached hydrogens (tertiary/aromatic N) is 2. The maximum Gasteiger partial charge on any atom is 0.271 e. The fourth-order valence-electron chi connectivity index (χ4n) is 3.26. The van der Waals surface area contributed by atoms with E-state index in [-0.39, 0.29) is 5.91 Å². The molecule has 36 heavy (non-hydrogen) atoms. The van der Waals surface area contributed by atoms with Crippen molar-refractivity contribution in [3.8, 4) is 11.5 Å². The lowest BCUT2D eigenvalue weighted by atomic mass is 10.1. The Balaban J connectivity index is 1.31. The fraction of sp³-hybridized carbons (Fsp3) is 0.107. The minimum Gasteiger partial charge on any atom is -0.496 e. The Labute approximate surface area is 222 Å². The molecule has 0 aliphatic heterocycles. The number of pyridine rings is 1. The predicted octanol–water partition coefficient (Wildman–Crippen LogP) is 6.49. The second kappa shape index (κ2) is 12.9. The predicted molar refractivity (Wildman–Crippen MR) is 147 cm³/mol. The number of thioether (sulfide) groups is 1. The summed E-state index contributed by atoms with van der Waals surface area (Å²) in [6, 6.07) is 26.5. The summed E-state index contributed by atoms with van der Waals surface area (Å²) in [6.45, 7) is 0.417. The molecule has 1 aromatic heterocycles. The summed E-state index contributed by atoms with van der Waals surface area (Å²) in [5.74, 6) is 1.99. The Morgan fingerprint density at radius 3 is 2.58 bits per heavy atom. The molecule has 182 valence electrons. The number of hydrazone groups is 1. The molecule has 0 saturated heterocycles. The second-order valence-electron chi connectivity index (χ2n) is 7.67. The zero-order chi connectivity index (χ0) is 25.2. The number of hydrogen-bond donors (Lipinski definition) is 1. The summed E-state index contributed by atoms with van der Waals surface area (Å²) in [6.07, 6.45) is 3.39. The van der Waals surface area contributed by atoms with E-state index in [1.807, 2.05) is 72.8 Å². The number of aromatic nitrogens is 1. The van der Waals surface area contributed by atoms with Gasteiger partial charge in [0.1, 0.15) is 18.1 Å². The second-order valence-corrected chi connectivity index (χ2v) is 9.58. The molecule has 0 aliphatic carbocycles. The summed E-state index contributed by atoms with van der Waals surface area (Å²) in [5, 5.41) is 5.07. The number of halogens is 1. The van der Waals surface area contributed by atoms with Crippen LogP contribution in [0.5, 0.6) is 11.5 Å². The molecule has 1 N–H and O–H groups in total. The molecule has 0 aliphatic rings. The summed E-state index contributed by atoms with van der Waals surface area (Å²) in [4.78, 5) is 16.8. The third kappa shape index (κ3) is 7.44. The van der Waals surface area contributed by atoms with Crippen LogP contribution in [0.2, 0.25) is 0 Å². The zero-order valence-electron chi connectivity index (χ0n) is 19.6. The van der Waals surface area contributed by atoms with Gasteiger partial charge in [0.2, 0.25) is 0 Å². The van der Waals surface area contributed by atoms with Gasteiger partial charge in [0, 0.05) is 27.5 Å². The summed E-state index contributed by atoms with van der Waals surface area (Å²) < 4.78 is 12.3. The van der Waals surface area contributed by atoms with E-state index < -0.39 is 0 Å². The van der Waals surface area contributed by atoms with Gasteiger partial charge in [-0.15, -0.1) is 11.8 Å². The van der Waals surface area contributed by atoms with Crippen molar-refractivity contribution in [2.75, 3.05) is 7.11 Å². The van der Waals surface area contributed by atoms with Gasteiger partial charge in [-0.25, -0.2) is 10.4 Å². The highest BCUT2D eigenvalue weighted by atomic mass is 79.9. The van der Waals surface area contributed by atoms with Gasteiger partial charge in [0.05, 0.1) is 18.4 Å². The van der Waals surface area contributed by atoms with Crippen molar-refractivity contribution in [3.63, 3.8) is 0 Å². The first-order valence-electron chi connectivity index (χ1n) is 11.1. The van der Waals surface area contributed by atoms with Crippen LogP contribution in [0.3, 0.4) is 0 Å². The molecule has 0 spiro atoms. The van der Waals surface area contributed by atoms with Gasteiger partial charge < -0.3 is 9.47 Å². The van der Waals surface area contributed by atoms with Crippen molar-refractivity contribution in [3.05, 3.63) is 118 Å². The first-order valence-corrected chi connectivity index (χ1v) is 12.9. The largest absolute Gasteiger partial charge is 0.496 e. The van der Waals surface area contributed by atoms with E-state index in [0.717, 1.165) is 37.7 Å². The molecule has 8 heteroatoms. The van der Waals surface area contributed by atoms with E-state index in [0.29, 0.717) is 17.9 Å². The van der Waals surface area contributed by atoms with Crippen molar-refractivity contribution in [2.45, 2.75) is 17.4 Å². The monoisotopic (exact) mass is 561 g/mol. The topological polar surface area (TPSA) is 72.8 Å². The van der Waals surface area contributed by atoms with Crippen molar-refractivity contribution in [1.82, 2.24) is 10.4 Å². The molecule has 0 atom stereocenters. The van der Waals surface area contributed by atoms with E-state index in [1.165, 1.54) is 0 Å². The average molecular weight is 562 g/mol. The van der Waals surface area contributed by atoms with Crippen LogP contribution in [-0.4, -0.2) is 24.2 Å². The number of amides is 1. The van der Waals surface area contributed by atoms with Gasteiger partial charge in [-0.3, -0.25) is 4.79 Å². The molecule has 0 unspecified atom stereocenters. The van der Waals surface area contributed by atoms with Crippen molar-refractivity contribution in [2.24, 2.45) is 5.10 Å². The minimum atomic E-state index is -0.286. The standard InChI is InChI=1S/C28H24BrN3O3S/c1-34-26-14-7-21(16-23(26)19-36-27-4-2-3-15-30-27)17-31-32-28(33)22-8-5-20(6-9-22)18-35-25-12-10-24(29)11-13-25/h2-17H,18-19H2,1H3,(H,32,33)/b31-17+. The van der Waals surface area contributed by atoms with Gasteiger partial charge in [-0.05, 0) is 77.9 Å².